The number of carbonyl (C=O) groups excluding carboxylic acids is 3. The molecule has 0 aliphatic carbocycles. The molecule has 1 heterocycles. The first-order chi connectivity index (χ1) is 19.3. The zero-order valence-corrected chi connectivity index (χ0v) is 21.4. The largest absolute Gasteiger partial charge is 0.480 e. The zero-order valence-electron chi connectivity index (χ0n) is 21.4. The number of hydrazine groups is 1. The summed E-state index contributed by atoms with van der Waals surface area (Å²) in [4.78, 5) is 53.8. The summed E-state index contributed by atoms with van der Waals surface area (Å²) in [6.07, 6.45) is 3.57. The van der Waals surface area contributed by atoms with Gasteiger partial charge in [0.15, 0.2) is 0 Å². The van der Waals surface area contributed by atoms with Crippen LogP contribution >= 0.6 is 0 Å². The van der Waals surface area contributed by atoms with Crippen LogP contribution in [0.5, 0.6) is 0 Å². The Hall–Kier alpha value is -5.29. The van der Waals surface area contributed by atoms with Crippen molar-refractivity contribution in [3.8, 4) is 0 Å². The molecule has 0 saturated carbocycles. The molecule has 4 rings (SSSR count). The predicted octanol–water partition coefficient (Wildman–Crippen LogP) is 2.37. The van der Waals surface area contributed by atoms with Gasteiger partial charge in [0, 0.05) is 24.7 Å². The molecule has 40 heavy (non-hydrogen) atoms. The maximum Gasteiger partial charge on any atom is 0.340 e. The van der Waals surface area contributed by atoms with Crippen LogP contribution in [0.25, 0.3) is 16.8 Å². The summed E-state index contributed by atoms with van der Waals surface area (Å²) in [5, 5.41) is 17.1. The quantitative estimate of drug-likeness (QED) is 0.0890. The highest BCUT2D eigenvalue weighted by atomic mass is 16.4. The second-order valence-corrected chi connectivity index (χ2v) is 8.96. The third kappa shape index (κ3) is 7.17. The Morgan fingerprint density at radius 1 is 0.975 bits per heavy atom. The molecule has 0 spiro atoms. The van der Waals surface area contributed by atoms with Crippen LogP contribution in [0.1, 0.15) is 23.2 Å². The summed E-state index contributed by atoms with van der Waals surface area (Å²) < 4.78 is 1.05. The van der Waals surface area contributed by atoms with Crippen molar-refractivity contribution in [3.05, 3.63) is 108 Å². The Labute approximate surface area is 229 Å². The molecule has 0 aliphatic heterocycles. The van der Waals surface area contributed by atoms with Gasteiger partial charge in [0.2, 0.25) is 11.8 Å². The summed E-state index contributed by atoms with van der Waals surface area (Å²) in [7, 11) is 0. The molecule has 0 unspecified atom stereocenters. The molecule has 1 aromatic heterocycles. The average Bonchev–Trinajstić information content (AvgIpc) is 3.44. The van der Waals surface area contributed by atoms with Crippen molar-refractivity contribution in [1.82, 2.24) is 25.6 Å². The van der Waals surface area contributed by atoms with E-state index in [0.29, 0.717) is 5.56 Å². The number of carbonyl (C=O) groups is 4. The van der Waals surface area contributed by atoms with Gasteiger partial charge in [-0.25, -0.2) is 20.4 Å². The monoisotopic (exact) mass is 540 g/mol. The van der Waals surface area contributed by atoms with E-state index < -0.39 is 29.9 Å². The second-order valence-electron chi connectivity index (χ2n) is 8.96. The lowest BCUT2D eigenvalue weighted by Gasteiger charge is -2.16. The smallest absolute Gasteiger partial charge is 0.340 e. The van der Waals surface area contributed by atoms with Crippen LogP contribution in [-0.4, -0.2) is 44.5 Å². The molecule has 6 N–H and O–H groups in total. The molecule has 11 nitrogen and oxygen atoms in total. The first-order valence-electron chi connectivity index (χ1n) is 12.4. The molecular formula is C29H28N6O5. The fraction of sp³-hybridized carbons (Fsp3) is 0.138. The van der Waals surface area contributed by atoms with Gasteiger partial charge < -0.3 is 15.7 Å². The van der Waals surface area contributed by atoms with Crippen LogP contribution in [0.2, 0.25) is 0 Å². The molecule has 204 valence electrons. The van der Waals surface area contributed by atoms with E-state index in [9.17, 15) is 24.3 Å². The lowest BCUT2D eigenvalue weighted by atomic mass is 10.0. The lowest BCUT2D eigenvalue weighted by molar-refractivity contribution is -0.141. The molecule has 0 saturated heterocycles. The standard InChI is InChI=1S/C29H28N6O5/c30-34-29(40)35-17-23(32-18-35)15-25(28(38)39)33-27(37)22(13-19-7-2-1-3-8-19)14-26(36)31-16-21-11-6-10-20-9-4-5-12-24(20)21/h1-13,17-18,25H,14-16,30H2,(H,31,36)(H,33,37)(H,34,40)(H,38,39)/t25-/m0/s1. The van der Waals surface area contributed by atoms with Crippen LogP contribution in [0.15, 0.2) is 90.9 Å². The number of amides is 3. The number of nitrogens with two attached hydrogens (primary N) is 1. The minimum atomic E-state index is -1.37. The Kier molecular flexibility index (Phi) is 9.00. The van der Waals surface area contributed by atoms with Crippen molar-refractivity contribution in [3.63, 3.8) is 0 Å². The maximum atomic E-state index is 13.3. The third-order valence-corrected chi connectivity index (χ3v) is 6.15. The van der Waals surface area contributed by atoms with Crippen molar-refractivity contribution >= 4 is 40.7 Å². The number of fused-ring (bicyclic) bond motifs is 1. The Morgan fingerprint density at radius 3 is 2.45 bits per heavy atom. The summed E-state index contributed by atoms with van der Waals surface area (Å²) in [5.74, 6) is 2.69. The molecule has 3 amide bonds. The number of nitrogens with one attached hydrogen (secondary N) is 3. The van der Waals surface area contributed by atoms with E-state index in [0.717, 1.165) is 20.9 Å². The van der Waals surface area contributed by atoms with Crippen molar-refractivity contribution in [2.75, 3.05) is 0 Å². The third-order valence-electron chi connectivity index (χ3n) is 6.15. The van der Waals surface area contributed by atoms with Crippen LogP contribution in [-0.2, 0) is 27.3 Å². The molecular weight excluding hydrogens is 512 g/mol. The predicted molar refractivity (Wildman–Crippen MR) is 148 cm³/mol. The van der Waals surface area contributed by atoms with Gasteiger partial charge >= 0.3 is 12.0 Å². The number of hydrogen-bond acceptors (Lipinski definition) is 6. The van der Waals surface area contributed by atoms with Gasteiger partial charge in [-0.2, -0.15) is 0 Å². The Balaban J connectivity index is 1.48. The van der Waals surface area contributed by atoms with Crippen LogP contribution in [0.3, 0.4) is 0 Å². The summed E-state index contributed by atoms with van der Waals surface area (Å²) >= 11 is 0. The normalized spacial score (nSPS) is 12.0. The number of carboxylic acid groups (broad SMARTS) is 1. The van der Waals surface area contributed by atoms with E-state index in [4.69, 9.17) is 5.84 Å². The lowest BCUT2D eigenvalue weighted by Crippen LogP contribution is -2.43. The molecule has 0 fully saturated rings. The average molecular weight is 541 g/mol. The van der Waals surface area contributed by atoms with Crippen LogP contribution < -0.4 is 21.9 Å². The fourth-order valence-electron chi connectivity index (χ4n) is 4.14. The van der Waals surface area contributed by atoms with Gasteiger partial charge in [-0.05, 0) is 28.0 Å². The van der Waals surface area contributed by atoms with Gasteiger partial charge in [-0.1, -0.05) is 72.8 Å². The fourth-order valence-corrected chi connectivity index (χ4v) is 4.14. The first kappa shape index (κ1) is 27.7. The van der Waals surface area contributed by atoms with Crippen molar-refractivity contribution in [2.24, 2.45) is 5.84 Å². The highest BCUT2D eigenvalue weighted by Gasteiger charge is 2.24. The number of hydrogen-bond donors (Lipinski definition) is 5. The van der Waals surface area contributed by atoms with Crippen molar-refractivity contribution < 1.29 is 24.3 Å². The minimum absolute atomic E-state index is 0.0842. The molecule has 0 bridgehead atoms. The summed E-state index contributed by atoms with van der Waals surface area (Å²) in [6.45, 7) is 0.261. The van der Waals surface area contributed by atoms with Gasteiger partial charge in [0.1, 0.15) is 12.4 Å². The number of carboxylic acids is 1. The van der Waals surface area contributed by atoms with E-state index >= 15 is 0 Å². The molecule has 11 heteroatoms. The molecule has 4 aromatic rings. The minimum Gasteiger partial charge on any atom is -0.480 e. The van der Waals surface area contributed by atoms with E-state index in [1.165, 1.54) is 12.5 Å². The van der Waals surface area contributed by atoms with Gasteiger partial charge in [-0.15, -0.1) is 0 Å². The van der Waals surface area contributed by atoms with Crippen LogP contribution in [0.4, 0.5) is 4.79 Å². The second kappa shape index (κ2) is 13.0. The Morgan fingerprint density at radius 2 is 1.70 bits per heavy atom. The number of rotatable bonds is 10. The SMILES string of the molecule is NNC(=O)n1cnc(C[C@H](NC(=O)C(=Cc2ccccc2)CC(=O)NCc2cccc3ccccc23)C(=O)O)c1. The zero-order chi connectivity index (χ0) is 28.5. The number of imidazole rings is 1. The summed E-state index contributed by atoms with van der Waals surface area (Å²) in [6, 6.07) is 20.6. The van der Waals surface area contributed by atoms with Gasteiger partial charge in [0.25, 0.3) is 0 Å². The van der Waals surface area contributed by atoms with Gasteiger partial charge in [0.05, 0.1) is 12.1 Å². The topological polar surface area (TPSA) is 168 Å². The Bertz CT molecular complexity index is 1560. The number of nitrogens with zero attached hydrogens (tertiary/aromatic N) is 2. The van der Waals surface area contributed by atoms with E-state index in [2.05, 4.69) is 15.6 Å². The highest BCUT2D eigenvalue weighted by molar-refractivity contribution is 6.03. The number of aliphatic carboxylic acids is 1. The number of aromatic nitrogens is 2. The molecule has 3 aromatic carbocycles. The summed E-state index contributed by atoms with van der Waals surface area (Å²) in [5.41, 5.74) is 3.88. The van der Waals surface area contributed by atoms with Crippen molar-refractivity contribution in [2.45, 2.75) is 25.4 Å². The maximum absolute atomic E-state index is 13.3. The number of nitrogen functional groups attached to an aromatic ring is 1. The van der Waals surface area contributed by atoms with Crippen LogP contribution in [0, 0.1) is 0 Å². The first-order valence-corrected chi connectivity index (χ1v) is 12.4. The van der Waals surface area contributed by atoms with Gasteiger partial charge in [-0.3, -0.25) is 19.6 Å². The molecule has 0 radical (unpaired) electrons. The van der Waals surface area contributed by atoms with E-state index in [1.807, 2.05) is 54.0 Å². The van der Waals surface area contributed by atoms with E-state index in [1.54, 1.807) is 30.3 Å². The number of benzene rings is 3. The highest BCUT2D eigenvalue weighted by Crippen LogP contribution is 2.18. The molecule has 0 aliphatic rings. The van der Waals surface area contributed by atoms with E-state index in [-0.39, 0.29) is 30.7 Å². The molecule has 1 atom stereocenters. The van der Waals surface area contributed by atoms with Crippen molar-refractivity contribution in [1.29, 1.82) is 0 Å².